The summed E-state index contributed by atoms with van der Waals surface area (Å²) in [6.07, 6.45) is 0.656. The average molecular weight is 249 g/mol. The van der Waals surface area contributed by atoms with Gasteiger partial charge in [-0.3, -0.25) is 0 Å². The number of thioether (sulfide) groups is 1. The summed E-state index contributed by atoms with van der Waals surface area (Å²) in [6.45, 7) is 7.89. The zero-order valence-electron chi connectivity index (χ0n) is 10.8. The Balaban J connectivity index is 2.69. The van der Waals surface area contributed by atoms with Crippen molar-refractivity contribution in [3.63, 3.8) is 0 Å². The lowest BCUT2D eigenvalue weighted by atomic mass is 10.00. The number of pyridine rings is 1. The molecule has 2 N–H and O–H groups in total. The molecule has 1 aromatic heterocycles. The van der Waals surface area contributed by atoms with Crippen LogP contribution in [0.3, 0.4) is 0 Å². The summed E-state index contributed by atoms with van der Waals surface area (Å²) >= 11 is 1.67. The molecule has 0 aliphatic carbocycles. The smallest absolute Gasteiger partial charge is 0.102 e. The molecule has 0 amide bonds. The van der Waals surface area contributed by atoms with Crippen molar-refractivity contribution in [3.8, 4) is 6.07 Å². The van der Waals surface area contributed by atoms with Gasteiger partial charge in [0.2, 0.25) is 0 Å². The first kappa shape index (κ1) is 14.0. The Morgan fingerprint density at radius 1 is 1.53 bits per heavy atom. The van der Waals surface area contributed by atoms with Gasteiger partial charge in [0.05, 0.1) is 11.1 Å². The Hall–Kier alpha value is -1.05. The molecular weight excluding hydrogens is 230 g/mol. The maximum atomic E-state index is 8.90. The molecule has 0 radical (unpaired) electrons. The van der Waals surface area contributed by atoms with Gasteiger partial charge in [0, 0.05) is 10.9 Å². The first-order valence-electron chi connectivity index (χ1n) is 5.64. The highest BCUT2D eigenvalue weighted by atomic mass is 32.2. The van der Waals surface area contributed by atoms with Crippen molar-refractivity contribution < 1.29 is 0 Å². The molecule has 17 heavy (non-hydrogen) atoms. The van der Waals surface area contributed by atoms with Crippen LogP contribution >= 0.6 is 11.8 Å². The van der Waals surface area contributed by atoms with Crippen molar-refractivity contribution in [3.05, 3.63) is 23.4 Å². The van der Waals surface area contributed by atoms with E-state index in [1.165, 1.54) is 5.56 Å². The number of aryl methyl sites for hydroxylation is 2. The third kappa shape index (κ3) is 4.76. The fourth-order valence-corrected chi connectivity index (χ4v) is 3.05. The quantitative estimate of drug-likeness (QED) is 0.833. The van der Waals surface area contributed by atoms with Crippen LogP contribution in [0.4, 0.5) is 0 Å². The monoisotopic (exact) mass is 249 g/mol. The van der Waals surface area contributed by atoms with Gasteiger partial charge in [0.15, 0.2) is 0 Å². The number of nitrogens with two attached hydrogens (primary N) is 1. The second-order valence-corrected chi connectivity index (χ2v) is 6.24. The van der Waals surface area contributed by atoms with Crippen LogP contribution in [0.5, 0.6) is 0 Å². The number of rotatable bonds is 4. The summed E-state index contributed by atoms with van der Waals surface area (Å²) in [7, 11) is 0. The first-order chi connectivity index (χ1) is 7.82. The molecule has 2 unspecified atom stereocenters. The molecule has 1 aromatic rings. The second kappa shape index (κ2) is 5.52. The van der Waals surface area contributed by atoms with E-state index in [-0.39, 0.29) is 5.25 Å². The molecule has 1 heterocycles. The predicted molar refractivity (Wildman–Crippen MR) is 71.9 cm³/mol. The molecule has 92 valence electrons. The van der Waals surface area contributed by atoms with Gasteiger partial charge in [0.25, 0.3) is 0 Å². The van der Waals surface area contributed by atoms with E-state index < -0.39 is 5.54 Å². The largest absolute Gasteiger partial charge is 0.314 e. The summed E-state index contributed by atoms with van der Waals surface area (Å²) in [5.41, 5.74) is 7.31. The van der Waals surface area contributed by atoms with Gasteiger partial charge in [-0.1, -0.05) is 6.92 Å². The molecular formula is C13H19N3S. The first-order valence-corrected chi connectivity index (χ1v) is 6.52. The minimum Gasteiger partial charge on any atom is -0.314 e. The Labute approximate surface area is 107 Å². The van der Waals surface area contributed by atoms with Gasteiger partial charge in [-0.2, -0.15) is 5.26 Å². The van der Waals surface area contributed by atoms with E-state index in [0.717, 1.165) is 10.7 Å². The number of hydrogen-bond acceptors (Lipinski definition) is 4. The van der Waals surface area contributed by atoms with Crippen molar-refractivity contribution in [1.29, 1.82) is 5.26 Å². The van der Waals surface area contributed by atoms with E-state index in [1.807, 2.05) is 6.92 Å². The minimum absolute atomic E-state index is 0.276. The summed E-state index contributed by atoms with van der Waals surface area (Å²) in [4.78, 5) is 4.47. The molecule has 0 aliphatic rings. The molecule has 0 saturated carbocycles. The summed E-state index contributed by atoms with van der Waals surface area (Å²) < 4.78 is 0. The number of nitriles is 1. The van der Waals surface area contributed by atoms with Crippen LogP contribution in [0.1, 0.15) is 31.5 Å². The summed E-state index contributed by atoms with van der Waals surface area (Å²) in [5, 5.41) is 10.2. The SMILES string of the molecule is Cc1cc(C)nc(SC(C)CC(C)(N)C#N)c1. The van der Waals surface area contributed by atoms with Gasteiger partial charge < -0.3 is 5.73 Å². The fraction of sp³-hybridized carbons (Fsp3) is 0.538. The normalized spacial score (nSPS) is 16.0. The van der Waals surface area contributed by atoms with Gasteiger partial charge >= 0.3 is 0 Å². The lowest BCUT2D eigenvalue weighted by Gasteiger charge is -2.20. The van der Waals surface area contributed by atoms with Crippen LogP contribution in [-0.2, 0) is 0 Å². The molecule has 0 saturated heterocycles. The van der Waals surface area contributed by atoms with E-state index in [2.05, 4.69) is 37.0 Å². The topological polar surface area (TPSA) is 62.7 Å². The van der Waals surface area contributed by atoms with Crippen molar-refractivity contribution in [2.75, 3.05) is 0 Å². The fourth-order valence-electron chi connectivity index (χ4n) is 1.76. The molecule has 0 aliphatic heterocycles. The van der Waals surface area contributed by atoms with E-state index in [9.17, 15) is 0 Å². The highest BCUT2D eigenvalue weighted by Crippen LogP contribution is 2.27. The lowest BCUT2D eigenvalue weighted by molar-refractivity contribution is 0.545. The molecule has 0 fully saturated rings. The number of hydrogen-bond donors (Lipinski definition) is 1. The minimum atomic E-state index is -0.759. The zero-order chi connectivity index (χ0) is 13.1. The number of aromatic nitrogens is 1. The summed E-state index contributed by atoms with van der Waals surface area (Å²) in [6, 6.07) is 6.24. The van der Waals surface area contributed by atoms with Crippen LogP contribution in [0.25, 0.3) is 0 Å². The van der Waals surface area contributed by atoms with E-state index in [0.29, 0.717) is 6.42 Å². The van der Waals surface area contributed by atoms with Crippen LogP contribution < -0.4 is 5.73 Å². The third-order valence-corrected chi connectivity index (χ3v) is 3.38. The van der Waals surface area contributed by atoms with Crippen LogP contribution in [0, 0.1) is 25.2 Å². The predicted octanol–water partition coefficient (Wildman–Crippen LogP) is 2.81. The second-order valence-electron chi connectivity index (χ2n) is 4.79. The van der Waals surface area contributed by atoms with E-state index >= 15 is 0 Å². The molecule has 0 spiro atoms. The van der Waals surface area contributed by atoms with Gasteiger partial charge in [0.1, 0.15) is 5.54 Å². The Morgan fingerprint density at radius 3 is 2.71 bits per heavy atom. The number of nitrogens with zero attached hydrogens (tertiary/aromatic N) is 2. The highest BCUT2D eigenvalue weighted by Gasteiger charge is 2.21. The molecule has 2 atom stereocenters. The van der Waals surface area contributed by atoms with Gasteiger partial charge in [-0.15, -0.1) is 11.8 Å². The van der Waals surface area contributed by atoms with E-state index in [4.69, 9.17) is 11.0 Å². The molecule has 0 aromatic carbocycles. The van der Waals surface area contributed by atoms with E-state index in [1.54, 1.807) is 18.7 Å². The zero-order valence-corrected chi connectivity index (χ0v) is 11.6. The average Bonchev–Trinajstić information content (AvgIpc) is 2.14. The molecule has 3 nitrogen and oxygen atoms in total. The van der Waals surface area contributed by atoms with Crippen LogP contribution in [0.15, 0.2) is 17.2 Å². The Morgan fingerprint density at radius 2 is 2.18 bits per heavy atom. The van der Waals surface area contributed by atoms with Crippen LogP contribution in [0.2, 0.25) is 0 Å². The van der Waals surface area contributed by atoms with Crippen molar-refractivity contribution in [2.24, 2.45) is 5.73 Å². The Kier molecular flexibility index (Phi) is 4.55. The highest BCUT2D eigenvalue weighted by molar-refractivity contribution is 7.99. The van der Waals surface area contributed by atoms with Crippen molar-refractivity contribution in [1.82, 2.24) is 4.98 Å². The summed E-state index contributed by atoms with van der Waals surface area (Å²) in [5.74, 6) is 0. The standard InChI is InChI=1S/C13H19N3S/c1-9-5-10(2)16-12(6-9)17-11(3)7-13(4,15)8-14/h5-6,11H,7,15H2,1-4H3. The lowest BCUT2D eigenvalue weighted by Crippen LogP contribution is -2.36. The van der Waals surface area contributed by atoms with Gasteiger partial charge in [-0.05, 0) is 44.9 Å². The maximum absolute atomic E-state index is 8.90. The molecule has 4 heteroatoms. The molecule has 0 bridgehead atoms. The van der Waals surface area contributed by atoms with Crippen molar-refractivity contribution >= 4 is 11.8 Å². The maximum Gasteiger partial charge on any atom is 0.102 e. The van der Waals surface area contributed by atoms with Crippen LogP contribution in [-0.4, -0.2) is 15.8 Å². The Bertz CT molecular complexity index is 415. The molecule has 1 rings (SSSR count). The third-order valence-electron chi connectivity index (χ3n) is 2.36. The van der Waals surface area contributed by atoms with Gasteiger partial charge in [-0.25, -0.2) is 4.98 Å². The van der Waals surface area contributed by atoms with Crippen molar-refractivity contribution in [2.45, 2.75) is 49.9 Å².